The molecule has 8 heteroatoms. The topological polar surface area (TPSA) is 67.5 Å². The summed E-state index contributed by atoms with van der Waals surface area (Å²) in [4.78, 5) is 15.9. The third-order valence-corrected chi connectivity index (χ3v) is 4.76. The van der Waals surface area contributed by atoms with E-state index in [0.717, 1.165) is 5.56 Å². The Hall–Kier alpha value is -2.60. The van der Waals surface area contributed by atoms with E-state index in [1.807, 2.05) is 12.1 Å². The van der Waals surface area contributed by atoms with E-state index in [4.69, 9.17) is 34.8 Å². The van der Waals surface area contributed by atoms with Crippen LogP contribution in [-0.4, -0.2) is 25.7 Å². The molecule has 0 radical (unpaired) electrons. The molecule has 0 saturated carbocycles. The van der Waals surface area contributed by atoms with Gasteiger partial charge in [0.25, 0.3) is 0 Å². The van der Waals surface area contributed by atoms with E-state index in [2.05, 4.69) is 10.1 Å². The van der Waals surface area contributed by atoms with Crippen LogP contribution < -0.4 is 0 Å². The Bertz CT molecular complexity index is 1200. The van der Waals surface area contributed by atoms with Gasteiger partial charge in [0, 0.05) is 27.2 Å². The van der Waals surface area contributed by atoms with E-state index in [-0.39, 0.29) is 5.69 Å². The van der Waals surface area contributed by atoms with Gasteiger partial charge in [-0.05, 0) is 36.4 Å². The van der Waals surface area contributed by atoms with Gasteiger partial charge in [-0.1, -0.05) is 46.9 Å². The Morgan fingerprint density at radius 1 is 0.963 bits per heavy atom. The Kier molecular flexibility index (Phi) is 4.52. The Morgan fingerprint density at radius 3 is 2.44 bits per heavy atom. The first-order chi connectivity index (χ1) is 12.9. The fourth-order valence-electron chi connectivity index (χ4n) is 2.76. The van der Waals surface area contributed by atoms with E-state index >= 15 is 0 Å². The summed E-state index contributed by atoms with van der Waals surface area (Å²) in [6.45, 7) is 0. The number of aromatic nitrogens is 3. The molecule has 0 aliphatic rings. The number of aromatic carboxylic acids is 1. The summed E-state index contributed by atoms with van der Waals surface area (Å²) in [5.74, 6) is -1.14. The molecule has 0 fully saturated rings. The third kappa shape index (κ3) is 3.37. The van der Waals surface area contributed by atoms with E-state index in [0.29, 0.717) is 37.7 Å². The largest absolute Gasteiger partial charge is 0.476 e. The van der Waals surface area contributed by atoms with E-state index in [1.165, 1.54) is 10.6 Å². The number of benzene rings is 2. The molecule has 5 nitrogen and oxygen atoms in total. The summed E-state index contributed by atoms with van der Waals surface area (Å²) >= 11 is 18.5. The zero-order chi connectivity index (χ0) is 19.1. The number of carboxylic acid groups (broad SMARTS) is 1. The molecule has 2 aromatic carbocycles. The molecule has 0 aliphatic heterocycles. The standard InChI is InChI=1S/C19H10Cl3N3O2/c20-11-3-1-2-10(6-11)15-8-17(13-5-4-12(21)7-14(13)22)25-18(23-15)9-16(24-25)19(26)27/h1-9H,(H,26,27). The minimum absolute atomic E-state index is 0.114. The second kappa shape index (κ2) is 6.85. The third-order valence-electron chi connectivity index (χ3n) is 3.97. The Labute approximate surface area is 168 Å². The molecule has 0 atom stereocenters. The smallest absolute Gasteiger partial charge is 0.356 e. The number of nitrogens with zero attached hydrogens (tertiary/aromatic N) is 3. The fraction of sp³-hybridized carbons (Fsp3) is 0. The van der Waals surface area contributed by atoms with Gasteiger partial charge < -0.3 is 5.11 Å². The normalized spacial score (nSPS) is 11.1. The minimum atomic E-state index is -1.14. The molecule has 27 heavy (non-hydrogen) atoms. The maximum atomic E-state index is 11.4. The van der Waals surface area contributed by atoms with Crippen LogP contribution in [-0.2, 0) is 0 Å². The maximum absolute atomic E-state index is 11.4. The van der Waals surface area contributed by atoms with Gasteiger partial charge in [-0.2, -0.15) is 5.10 Å². The lowest BCUT2D eigenvalue weighted by molar-refractivity contribution is 0.0690. The molecule has 134 valence electrons. The predicted octanol–water partition coefficient (Wildman–Crippen LogP) is 5.72. The van der Waals surface area contributed by atoms with Crippen molar-refractivity contribution in [1.29, 1.82) is 0 Å². The second-order valence-corrected chi connectivity index (χ2v) is 7.05. The van der Waals surface area contributed by atoms with Gasteiger partial charge >= 0.3 is 5.97 Å². The molecule has 0 aliphatic carbocycles. The molecule has 0 saturated heterocycles. The van der Waals surface area contributed by atoms with Crippen molar-refractivity contribution in [2.45, 2.75) is 0 Å². The van der Waals surface area contributed by atoms with Crippen LogP contribution in [0.25, 0.3) is 28.2 Å². The number of hydrogen-bond acceptors (Lipinski definition) is 3. The summed E-state index contributed by atoms with van der Waals surface area (Å²) in [7, 11) is 0. The van der Waals surface area contributed by atoms with Crippen molar-refractivity contribution in [1.82, 2.24) is 14.6 Å². The molecule has 4 rings (SSSR count). The number of carbonyl (C=O) groups is 1. The second-order valence-electron chi connectivity index (χ2n) is 5.77. The summed E-state index contributed by atoms with van der Waals surface area (Å²) in [5, 5.41) is 14.9. The summed E-state index contributed by atoms with van der Waals surface area (Å²) in [6, 6.07) is 15.5. The van der Waals surface area contributed by atoms with Crippen LogP contribution >= 0.6 is 34.8 Å². The maximum Gasteiger partial charge on any atom is 0.356 e. The lowest BCUT2D eigenvalue weighted by Gasteiger charge is -2.10. The van der Waals surface area contributed by atoms with Crippen LogP contribution in [0.3, 0.4) is 0 Å². The molecule has 2 aromatic heterocycles. The highest BCUT2D eigenvalue weighted by Crippen LogP contribution is 2.33. The highest BCUT2D eigenvalue weighted by Gasteiger charge is 2.17. The van der Waals surface area contributed by atoms with Crippen molar-refractivity contribution in [2.24, 2.45) is 0 Å². The van der Waals surface area contributed by atoms with E-state index in [9.17, 15) is 9.90 Å². The predicted molar refractivity (Wildman–Crippen MR) is 106 cm³/mol. The van der Waals surface area contributed by atoms with Gasteiger partial charge in [0.2, 0.25) is 0 Å². The van der Waals surface area contributed by atoms with E-state index in [1.54, 1.807) is 36.4 Å². The lowest BCUT2D eigenvalue weighted by Crippen LogP contribution is -2.01. The van der Waals surface area contributed by atoms with Crippen molar-refractivity contribution in [3.05, 3.63) is 75.4 Å². The quantitative estimate of drug-likeness (QED) is 0.462. The molecule has 4 aromatic rings. The number of fused-ring (bicyclic) bond motifs is 1. The zero-order valence-corrected chi connectivity index (χ0v) is 15.8. The Morgan fingerprint density at radius 2 is 1.74 bits per heavy atom. The van der Waals surface area contributed by atoms with Gasteiger partial charge in [-0.3, -0.25) is 0 Å². The van der Waals surface area contributed by atoms with E-state index < -0.39 is 5.97 Å². The highest BCUT2D eigenvalue weighted by atomic mass is 35.5. The highest BCUT2D eigenvalue weighted by molar-refractivity contribution is 6.36. The zero-order valence-electron chi connectivity index (χ0n) is 13.5. The van der Waals surface area contributed by atoms with Crippen molar-refractivity contribution in [3.8, 4) is 22.5 Å². The van der Waals surface area contributed by atoms with Crippen molar-refractivity contribution in [2.75, 3.05) is 0 Å². The van der Waals surface area contributed by atoms with Crippen molar-refractivity contribution >= 4 is 46.4 Å². The molecule has 0 unspecified atom stereocenters. The minimum Gasteiger partial charge on any atom is -0.476 e. The van der Waals surface area contributed by atoms with Gasteiger partial charge in [0.15, 0.2) is 11.3 Å². The van der Waals surface area contributed by atoms with Crippen LogP contribution in [0.15, 0.2) is 54.6 Å². The first kappa shape index (κ1) is 17.8. The van der Waals surface area contributed by atoms with Crippen LogP contribution in [0.1, 0.15) is 10.5 Å². The Balaban J connectivity index is 2.03. The van der Waals surface area contributed by atoms with Gasteiger partial charge in [-0.15, -0.1) is 0 Å². The molecular weight excluding hydrogens is 409 g/mol. The monoisotopic (exact) mass is 417 g/mol. The summed E-state index contributed by atoms with van der Waals surface area (Å²) in [6.07, 6.45) is 0. The molecular formula is C19H10Cl3N3O2. The van der Waals surface area contributed by atoms with Crippen LogP contribution in [0.2, 0.25) is 15.1 Å². The average molecular weight is 419 g/mol. The van der Waals surface area contributed by atoms with Crippen molar-refractivity contribution in [3.63, 3.8) is 0 Å². The average Bonchev–Trinajstić information content (AvgIpc) is 3.06. The van der Waals surface area contributed by atoms with Crippen LogP contribution in [0, 0.1) is 0 Å². The molecule has 1 N–H and O–H groups in total. The first-order valence-electron chi connectivity index (χ1n) is 7.78. The molecule has 0 amide bonds. The number of rotatable bonds is 3. The molecule has 2 heterocycles. The SMILES string of the molecule is O=C(O)c1cc2nc(-c3cccc(Cl)c3)cc(-c3ccc(Cl)cc3Cl)n2n1. The fourth-order valence-corrected chi connectivity index (χ4v) is 3.46. The molecule has 0 bridgehead atoms. The number of hydrogen-bond donors (Lipinski definition) is 1. The first-order valence-corrected chi connectivity index (χ1v) is 8.91. The summed E-state index contributed by atoms with van der Waals surface area (Å²) in [5.41, 5.74) is 2.90. The van der Waals surface area contributed by atoms with Gasteiger partial charge in [-0.25, -0.2) is 14.3 Å². The number of carboxylic acids is 1. The summed E-state index contributed by atoms with van der Waals surface area (Å²) < 4.78 is 1.45. The van der Waals surface area contributed by atoms with Gasteiger partial charge in [0.1, 0.15) is 0 Å². The van der Waals surface area contributed by atoms with Crippen molar-refractivity contribution < 1.29 is 9.90 Å². The lowest BCUT2D eigenvalue weighted by atomic mass is 10.1. The van der Waals surface area contributed by atoms with Crippen LogP contribution in [0.4, 0.5) is 0 Å². The van der Waals surface area contributed by atoms with Crippen LogP contribution in [0.5, 0.6) is 0 Å². The number of halogens is 3. The van der Waals surface area contributed by atoms with Gasteiger partial charge in [0.05, 0.1) is 16.4 Å². The molecule has 0 spiro atoms.